The molecule has 100 valence electrons. The van der Waals surface area contributed by atoms with Gasteiger partial charge in [-0.05, 0) is 40.6 Å². The molecule has 0 unspecified atom stereocenters. The molecule has 0 aliphatic heterocycles. The third kappa shape index (κ3) is 3.48. The molecule has 0 aliphatic carbocycles. The van der Waals surface area contributed by atoms with Crippen molar-refractivity contribution in [2.75, 3.05) is 19.5 Å². The van der Waals surface area contributed by atoms with E-state index in [-0.39, 0.29) is 0 Å². The first-order valence-electron chi connectivity index (χ1n) is 5.82. The summed E-state index contributed by atoms with van der Waals surface area (Å²) in [7, 11) is 1.54. The van der Waals surface area contributed by atoms with Gasteiger partial charge in [0, 0.05) is 12.1 Å². The average Bonchev–Trinajstić information content (AvgIpc) is 2.92. The largest absolute Gasteiger partial charge is 0.497 e. The number of nitrogen functional groups attached to an aromatic ring is 1. The molecule has 0 spiro atoms. The van der Waals surface area contributed by atoms with Crippen molar-refractivity contribution in [2.24, 2.45) is 0 Å². The Morgan fingerprint density at radius 3 is 2.89 bits per heavy atom. The fraction of sp³-hybridized carbons (Fsp3) is 0.214. The first-order chi connectivity index (χ1) is 9.20. The maximum atomic E-state index is 11.9. The molecule has 4 nitrogen and oxygen atoms in total. The first-order valence-corrected chi connectivity index (χ1v) is 6.76. The van der Waals surface area contributed by atoms with E-state index in [2.05, 4.69) is 0 Å². The van der Waals surface area contributed by atoms with Crippen LogP contribution in [0.5, 0.6) is 5.75 Å². The maximum Gasteiger partial charge on any atom is 0.340 e. The molecule has 2 N–H and O–H groups in total. The van der Waals surface area contributed by atoms with E-state index in [1.54, 1.807) is 29.5 Å². The highest BCUT2D eigenvalue weighted by Crippen LogP contribution is 2.20. The van der Waals surface area contributed by atoms with Gasteiger partial charge in [-0.25, -0.2) is 4.79 Å². The van der Waals surface area contributed by atoms with Crippen molar-refractivity contribution in [1.29, 1.82) is 0 Å². The number of methoxy groups -OCH3 is 1. The third-order valence-electron chi connectivity index (χ3n) is 2.68. The lowest BCUT2D eigenvalue weighted by atomic mass is 10.1. The summed E-state index contributed by atoms with van der Waals surface area (Å²) in [6, 6.07) is 6.94. The van der Waals surface area contributed by atoms with E-state index in [0.29, 0.717) is 30.0 Å². The zero-order valence-electron chi connectivity index (χ0n) is 10.6. The van der Waals surface area contributed by atoms with Crippen molar-refractivity contribution in [1.82, 2.24) is 0 Å². The molecule has 0 fully saturated rings. The first kappa shape index (κ1) is 13.4. The van der Waals surface area contributed by atoms with Gasteiger partial charge in [0.25, 0.3) is 0 Å². The maximum absolute atomic E-state index is 11.9. The lowest BCUT2D eigenvalue weighted by Crippen LogP contribution is -2.10. The Kier molecular flexibility index (Phi) is 4.41. The van der Waals surface area contributed by atoms with E-state index < -0.39 is 5.97 Å². The van der Waals surface area contributed by atoms with Gasteiger partial charge >= 0.3 is 5.97 Å². The molecule has 2 rings (SSSR count). The summed E-state index contributed by atoms with van der Waals surface area (Å²) in [6.07, 6.45) is 0.707. The zero-order chi connectivity index (χ0) is 13.7. The van der Waals surface area contributed by atoms with E-state index >= 15 is 0 Å². The molecule has 0 aliphatic rings. The SMILES string of the molecule is COc1ccc(N)c(C(=O)OCCc2ccsc2)c1. The number of hydrogen-bond acceptors (Lipinski definition) is 5. The summed E-state index contributed by atoms with van der Waals surface area (Å²) in [5.74, 6) is 0.158. The van der Waals surface area contributed by atoms with Gasteiger partial charge < -0.3 is 15.2 Å². The smallest absolute Gasteiger partial charge is 0.340 e. The standard InChI is InChI=1S/C14H15NO3S/c1-17-11-2-3-13(15)12(8-11)14(16)18-6-4-10-5-7-19-9-10/h2-3,5,7-9H,4,6,15H2,1H3. The molecule has 0 saturated carbocycles. The molecular formula is C14H15NO3S. The Bertz CT molecular complexity index is 552. The molecule has 0 amide bonds. The number of esters is 1. The van der Waals surface area contributed by atoms with Crippen LogP contribution in [-0.4, -0.2) is 19.7 Å². The van der Waals surface area contributed by atoms with Crippen LogP contribution in [0.15, 0.2) is 35.0 Å². The highest BCUT2D eigenvalue weighted by atomic mass is 32.1. The van der Waals surface area contributed by atoms with E-state index in [0.717, 1.165) is 5.56 Å². The third-order valence-corrected chi connectivity index (χ3v) is 3.42. The normalized spacial score (nSPS) is 10.2. The Morgan fingerprint density at radius 2 is 2.21 bits per heavy atom. The summed E-state index contributed by atoms with van der Waals surface area (Å²) in [6.45, 7) is 0.340. The number of nitrogens with two attached hydrogens (primary N) is 1. The van der Waals surface area contributed by atoms with Gasteiger partial charge in [0.15, 0.2) is 0 Å². The second-order valence-electron chi connectivity index (χ2n) is 3.97. The van der Waals surface area contributed by atoms with Gasteiger partial charge in [0.2, 0.25) is 0 Å². The number of rotatable bonds is 5. The molecule has 0 saturated heterocycles. The number of benzene rings is 1. The Labute approximate surface area is 115 Å². The predicted octanol–water partition coefficient (Wildman–Crippen LogP) is 2.74. The number of ether oxygens (including phenoxy) is 2. The van der Waals surface area contributed by atoms with E-state index in [1.165, 1.54) is 7.11 Å². The van der Waals surface area contributed by atoms with Gasteiger partial charge in [-0.15, -0.1) is 0 Å². The lowest BCUT2D eigenvalue weighted by molar-refractivity contribution is 0.0510. The fourth-order valence-corrected chi connectivity index (χ4v) is 2.32. The number of thiophene rings is 1. The van der Waals surface area contributed by atoms with Crippen LogP contribution < -0.4 is 10.5 Å². The van der Waals surface area contributed by atoms with E-state index in [4.69, 9.17) is 15.2 Å². The van der Waals surface area contributed by atoms with Crippen molar-refractivity contribution < 1.29 is 14.3 Å². The molecule has 1 aromatic heterocycles. The Balaban J connectivity index is 1.95. The molecule has 0 atom stereocenters. The molecule has 1 aromatic carbocycles. The Morgan fingerprint density at radius 1 is 1.37 bits per heavy atom. The van der Waals surface area contributed by atoms with Crippen LogP contribution in [0.2, 0.25) is 0 Å². The molecule has 2 aromatic rings. The van der Waals surface area contributed by atoms with Crippen LogP contribution in [0.3, 0.4) is 0 Å². The topological polar surface area (TPSA) is 61.5 Å². The average molecular weight is 277 g/mol. The van der Waals surface area contributed by atoms with Crippen LogP contribution in [0.25, 0.3) is 0 Å². The molecule has 0 bridgehead atoms. The van der Waals surface area contributed by atoms with E-state index in [9.17, 15) is 4.79 Å². The summed E-state index contributed by atoms with van der Waals surface area (Å²) < 4.78 is 10.3. The zero-order valence-corrected chi connectivity index (χ0v) is 11.4. The lowest BCUT2D eigenvalue weighted by Gasteiger charge is -2.08. The second kappa shape index (κ2) is 6.24. The highest BCUT2D eigenvalue weighted by Gasteiger charge is 2.12. The van der Waals surface area contributed by atoms with Gasteiger partial charge in [-0.1, -0.05) is 0 Å². The minimum atomic E-state index is -0.424. The summed E-state index contributed by atoms with van der Waals surface area (Å²) in [5.41, 5.74) is 7.65. The second-order valence-corrected chi connectivity index (χ2v) is 4.75. The fourth-order valence-electron chi connectivity index (χ4n) is 1.61. The van der Waals surface area contributed by atoms with Gasteiger partial charge in [-0.3, -0.25) is 0 Å². The number of carbonyl (C=O) groups is 1. The van der Waals surface area contributed by atoms with Crippen LogP contribution in [0.1, 0.15) is 15.9 Å². The molecule has 19 heavy (non-hydrogen) atoms. The summed E-state index contributed by atoms with van der Waals surface area (Å²) in [4.78, 5) is 11.9. The quantitative estimate of drug-likeness (QED) is 0.674. The molecular weight excluding hydrogens is 262 g/mol. The number of carbonyl (C=O) groups excluding carboxylic acids is 1. The van der Waals surface area contributed by atoms with Crippen LogP contribution >= 0.6 is 11.3 Å². The highest BCUT2D eigenvalue weighted by molar-refractivity contribution is 7.07. The number of anilines is 1. The molecule has 0 radical (unpaired) electrons. The van der Waals surface area contributed by atoms with Crippen molar-refractivity contribution in [3.8, 4) is 5.75 Å². The van der Waals surface area contributed by atoms with Crippen LogP contribution in [0, 0.1) is 0 Å². The number of hydrogen-bond donors (Lipinski definition) is 1. The van der Waals surface area contributed by atoms with Crippen LogP contribution in [0.4, 0.5) is 5.69 Å². The summed E-state index contributed by atoms with van der Waals surface area (Å²) in [5, 5.41) is 4.03. The monoisotopic (exact) mass is 277 g/mol. The van der Waals surface area contributed by atoms with Crippen molar-refractivity contribution in [2.45, 2.75) is 6.42 Å². The van der Waals surface area contributed by atoms with Gasteiger partial charge in [-0.2, -0.15) is 11.3 Å². The minimum Gasteiger partial charge on any atom is -0.497 e. The minimum absolute atomic E-state index is 0.338. The van der Waals surface area contributed by atoms with Gasteiger partial charge in [0.05, 0.1) is 19.3 Å². The molecule has 1 heterocycles. The van der Waals surface area contributed by atoms with Crippen LogP contribution in [-0.2, 0) is 11.2 Å². The van der Waals surface area contributed by atoms with Crippen molar-refractivity contribution in [3.63, 3.8) is 0 Å². The van der Waals surface area contributed by atoms with Gasteiger partial charge in [0.1, 0.15) is 5.75 Å². The predicted molar refractivity (Wildman–Crippen MR) is 75.7 cm³/mol. The Hall–Kier alpha value is -2.01. The molecule has 5 heteroatoms. The van der Waals surface area contributed by atoms with Crippen molar-refractivity contribution in [3.05, 3.63) is 46.2 Å². The summed E-state index contributed by atoms with van der Waals surface area (Å²) >= 11 is 1.63. The van der Waals surface area contributed by atoms with Crippen molar-refractivity contribution >= 4 is 23.0 Å². The van der Waals surface area contributed by atoms with E-state index in [1.807, 2.05) is 16.8 Å².